The van der Waals surface area contributed by atoms with Gasteiger partial charge in [0.1, 0.15) is 11.5 Å². The highest BCUT2D eigenvalue weighted by Gasteiger charge is 2.75. The maximum absolute atomic E-state index is 13.2. The van der Waals surface area contributed by atoms with Crippen LogP contribution in [0.3, 0.4) is 0 Å². The van der Waals surface area contributed by atoms with Gasteiger partial charge in [0.05, 0.1) is 12.5 Å². The molecular weight excluding hydrogens is 392 g/mol. The largest absolute Gasteiger partial charge is 0.494 e. The molecule has 2 aliphatic heterocycles. The zero-order chi connectivity index (χ0) is 21.3. The Labute approximate surface area is 182 Å². The predicted octanol–water partition coefficient (Wildman–Crippen LogP) is 2.62. The van der Waals surface area contributed by atoms with Crippen LogP contribution < -0.4 is 4.74 Å². The fourth-order valence-electron chi connectivity index (χ4n) is 7.15. The molecule has 6 nitrogen and oxygen atoms in total. The van der Waals surface area contributed by atoms with Gasteiger partial charge in [-0.1, -0.05) is 0 Å². The number of ketones is 1. The third kappa shape index (κ3) is 2.86. The molecule has 31 heavy (non-hydrogen) atoms. The van der Waals surface area contributed by atoms with Crippen molar-refractivity contribution in [2.75, 3.05) is 32.8 Å². The highest BCUT2D eigenvalue weighted by Crippen LogP contribution is 2.71. The van der Waals surface area contributed by atoms with Crippen molar-refractivity contribution in [2.24, 2.45) is 35.0 Å². The van der Waals surface area contributed by atoms with E-state index in [1.807, 2.05) is 36.1 Å². The molecule has 4 aliphatic carbocycles. The normalized spacial score (nSPS) is 34.5. The lowest BCUT2D eigenvalue weighted by Gasteiger charge is -2.39. The van der Waals surface area contributed by atoms with E-state index in [-0.39, 0.29) is 35.0 Å². The SMILES string of the molecule is CCOc1ccc(C(=O)N2CCC3(CC2)CCN(C(=O)[C@H]2[C@H]4[C@H]5C[C@@H]2C(=O)[C@H]54)C3)cc1. The van der Waals surface area contributed by atoms with E-state index in [2.05, 4.69) is 4.90 Å². The number of piperidine rings is 1. The first-order valence-corrected chi connectivity index (χ1v) is 11.9. The fourth-order valence-corrected chi connectivity index (χ4v) is 7.15. The lowest BCUT2D eigenvalue weighted by atomic mass is 9.77. The van der Waals surface area contributed by atoms with Crippen molar-refractivity contribution in [2.45, 2.75) is 32.6 Å². The van der Waals surface area contributed by atoms with Crippen LogP contribution >= 0.6 is 0 Å². The second-order valence-corrected chi connectivity index (χ2v) is 10.3. The second kappa shape index (κ2) is 6.81. The van der Waals surface area contributed by atoms with Gasteiger partial charge >= 0.3 is 0 Å². The van der Waals surface area contributed by atoms with E-state index in [9.17, 15) is 14.4 Å². The van der Waals surface area contributed by atoms with Crippen LogP contribution in [-0.4, -0.2) is 60.2 Å². The number of amides is 2. The lowest BCUT2D eigenvalue weighted by molar-refractivity contribution is -0.138. The van der Waals surface area contributed by atoms with Crippen molar-refractivity contribution in [1.82, 2.24) is 9.80 Å². The summed E-state index contributed by atoms with van der Waals surface area (Å²) in [6, 6.07) is 7.39. The van der Waals surface area contributed by atoms with Crippen LogP contribution in [0.4, 0.5) is 0 Å². The molecule has 0 radical (unpaired) electrons. The van der Waals surface area contributed by atoms with Crippen LogP contribution in [0.15, 0.2) is 24.3 Å². The molecule has 1 aromatic rings. The molecule has 7 rings (SSSR count). The third-order valence-corrected chi connectivity index (χ3v) is 8.86. The Morgan fingerprint density at radius 3 is 2.29 bits per heavy atom. The molecule has 0 unspecified atom stereocenters. The summed E-state index contributed by atoms with van der Waals surface area (Å²) in [6.45, 7) is 5.65. The molecule has 0 aromatic heterocycles. The maximum Gasteiger partial charge on any atom is 0.253 e. The fraction of sp³-hybridized carbons (Fsp3) is 0.640. The van der Waals surface area contributed by atoms with Gasteiger partial charge in [0.25, 0.3) is 5.91 Å². The number of ether oxygens (including phenoxy) is 1. The number of carbonyl (C=O) groups excluding carboxylic acids is 3. The number of carbonyl (C=O) groups is 3. The smallest absolute Gasteiger partial charge is 0.253 e. The first-order valence-electron chi connectivity index (χ1n) is 11.9. The molecule has 1 aromatic carbocycles. The van der Waals surface area contributed by atoms with Gasteiger partial charge in [-0.25, -0.2) is 0 Å². The molecule has 6 fully saturated rings. The minimum atomic E-state index is -0.0148. The molecule has 5 atom stereocenters. The molecule has 2 amide bonds. The first-order chi connectivity index (χ1) is 15.0. The molecule has 2 heterocycles. The minimum absolute atomic E-state index is 0.0148. The van der Waals surface area contributed by atoms with Gasteiger partial charge < -0.3 is 14.5 Å². The number of hydrogen-bond donors (Lipinski definition) is 0. The molecule has 6 aliphatic rings. The van der Waals surface area contributed by atoms with Crippen LogP contribution in [0.5, 0.6) is 5.75 Å². The Hall–Kier alpha value is -2.37. The topological polar surface area (TPSA) is 66.9 Å². The van der Waals surface area contributed by atoms with Gasteiger partial charge in [0.2, 0.25) is 5.91 Å². The van der Waals surface area contributed by atoms with Gasteiger partial charge in [-0.2, -0.15) is 0 Å². The van der Waals surface area contributed by atoms with E-state index < -0.39 is 0 Å². The highest BCUT2D eigenvalue weighted by molar-refractivity contribution is 6.00. The molecule has 0 N–H and O–H groups in total. The third-order valence-electron chi connectivity index (χ3n) is 8.86. The highest BCUT2D eigenvalue weighted by atomic mass is 16.5. The van der Waals surface area contributed by atoms with Gasteiger partial charge in [0, 0.05) is 43.6 Å². The number of likely N-dealkylation sites (tertiary alicyclic amines) is 2. The van der Waals surface area contributed by atoms with E-state index in [1.54, 1.807) is 0 Å². The van der Waals surface area contributed by atoms with Gasteiger partial charge in [-0.15, -0.1) is 0 Å². The van der Waals surface area contributed by atoms with Crippen LogP contribution in [0.1, 0.15) is 43.0 Å². The number of nitrogens with zero attached hydrogens (tertiary/aromatic N) is 2. The lowest BCUT2D eigenvalue weighted by Crippen LogP contribution is -2.45. The van der Waals surface area contributed by atoms with E-state index in [0.29, 0.717) is 29.8 Å². The van der Waals surface area contributed by atoms with Crippen molar-refractivity contribution >= 4 is 17.6 Å². The molecule has 4 saturated carbocycles. The van der Waals surface area contributed by atoms with Gasteiger partial charge in [-0.05, 0) is 74.1 Å². The van der Waals surface area contributed by atoms with Crippen LogP contribution in [0.25, 0.3) is 0 Å². The molecule has 4 bridgehead atoms. The molecule has 6 heteroatoms. The Morgan fingerprint density at radius 2 is 1.74 bits per heavy atom. The molecule has 2 saturated heterocycles. The number of rotatable bonds is 4. The van der Waals surface area contributed by atoms with E-state index in [4.69, 9.17) is 4.74 Å². The minimum Gasteiger partial charge on any atom is -0.494 e. The van der Waals surface area contributed by atoms with Crippen molar-refractivity contribution in [1.29, 1.82) is 0 Å². The average molecular weight is 423 g/mol. The quantitative estimate of drug-likeness (QED) is 0.748. The number of Topliss-reactive ketones (excluding diaryl/α,β-unsaturated/α-hetero) is 1. The zero-order valence-electron chi connectivity index (χ0n) is 18.1. The van der Waals surface area contributed by atoms with Crippen molar-refractivity contribution < 1.29 is 19.1 Å². The Bertz CT molecular complexity index is 933. The summed E-state index contributed by atoms with van der Waals surface area (Å²) in [4.78, 5) is 42.4. The molecular formula is C25H30N2O4. The number of hydrogen-bond acceptors (Lipinski definition) is 4. The molecule has 1 spiro atoms. The summed E-state index contributed by atoms with van der Waals surface area (Å²) in [5, 5.41) is 0. The summed E-state index contributed by atoms with van der Waals surface area (Å²) >= 11 is 0. The average Bonchev–Trinajstić information content (AvgIpc) is 3.13. The predicted molar refractivity (Wildman–Crippen MR) is 113 cm³/mol. The Balaban J connectivity index is 1.06. The van der Waals surface area contributed by atoms with E-state index >= 15 is 0 Å². The van der Waals surface area contributed by atoms with Crippen LogP contribution in [0, 0.1) is 35.0 Å². The second-order valence-electron chi connectivity index (χ2n) is 10.3. The maximum atomic E-state index is 13.2. The summed E-state index contributed by atoms with van der Waals surface area (Å²) in [5.41, 5.74) is 0.839. The number of benzene rings is 1. The van der Waals surface area contributed by atoms with Gasteiger partial charge in [-0.3, -0.25) is 14.4 Å². The molecule has 164 valence electrons. The Kier molecular flexibility index (Phi) is 4.25. The summed E-state index contributed by atoms with van der Waals surface area (Å²) < 4.78 is 5.46. The standard InChI is InChI=1S/C25H30N2O4/c1-2-31-16-5-3-15(4-6-16)23(29)26-10-7-25(8-11-26)9-12-27(14-25)24(30)21-18-13-17-19(21)20(17)22(18)28/h3-6,17-21H,2,7-14H2,1H3/t17-,18+,19+,20-,21-/m1/s1. The summed E-state index contributed by atoms with van der Waals surface area (Å²) in [7, 11) is 0. The summed E-state index contributed by atoms with van der Waals surface area (Å²) in [5.74, 6) is 2.62. The van der Waals surface area contributed by atoms with E-state index in [1.165, 1.54) is 0 Å². The zero-order valence-corrected chi connectivity index (χ0v) is 18.1. The van der Waals surface area contributed by atoms with Crippen LogP contribution in [0.2, 0.25) is 0 Å². The van der Waals surface area contributed by atoms with Crippen LogP contribution in [-0.2, 0) is 9.59 Å². The van der Waals surface area contributed by atoms with E-state index in [0.717, 1.165) is 57.6 Å². The monoisotopic (exact) mass is 422 g/mol. The van der Waals surface area contributed by atoms with Crippen molar-refractivity contribution in [3.63, 3.8) is 0 Å². The first kappa shape index (κ1) is 19.3. The Morgan fingerprint density at radius 1 is 1.06 bits per heavy atom. The summed E-state index contributed by atoms with van der Waals surface area (Å²) in [6.07, 6.45) is 3.88. The van der Waals surface area contributed by atoms with Crippen molar-refractivity contribution in [3.8, 4) is 5.75 Å². The van der Waals surface area contributed by atoms with Crippen molar-refractivity contribution in [3.05, 3.63) is 29.8 Å². The van der Waals surface area contributed by atoms with Gasteiger partial charge in [0.15, 0.2) is 0 Å².